The highest BCUT2D eigenvalue weighted by molar-refractivity contribution is 4.95. The van der Waals surface area contributed by atoms with Crippen LogP contribution in [0.1, 0.15) is 66.7 Å². The maximum atomic E-state index is 2.70. The van der Waals surface area contributed by atoms with Crippen LogP contribution in [0.3, 0.4) is 0 Å². The zero-order valence-corrected chi connectivity index (χ0v) is 12.1. The van der Waals surface area contributed by atoms with Crippen LogP contribution in [0.2, 0.25) is 0 Å². The molecule has 0 aromatic rings. The molecule has 1 nitrogen and oxygen atoms in total. The monoisotopic (exact) mass is 225 g/mol. The lowest BCUT2D eigenvalue weighted by molar-refractivity contribution is -0.00139. The van der Waals surface area contributed by atoms with Gasteiger partial charge in [0.1, 0.15) is 0 Å². The van der Waals surface area contributed by atoms with Gasteiger partial charge in [0, 0.05) is 5.54 Å². The lowest BCUT2D eigenvalue weighted by atomic mass is 9.69. The second kappa shape index (κ2) is 6.05. The van der Waals surface area contributed by atoms with Crippen LogP contribution < -0.4 is 0 Å². The SMILES string of the molecule is CCN(CC)[C@](C)(C(C)C)C1CCCCC1. The molecule has 0 aliphatic heterocycles. The van der Waals surface area contributed by atoms with Crippen LogP contribution in [0, 0.1) is 11.8 Å². The van der Waals surface area contributed by atoms with Gasteiger partial charge in [0.15, 0.2) is 0 Å². The van der Waals surface area contributed by atoms with Gasteiger partial charge in [0.2, 0.25) is 0 Å². The molecule has 0 aromatic heterocycles. The van der Waals surface area contributed by atoms with Gasteiger partial charge in [-0.3, -0.25) is 4.90 Å². The van der Waals surface area contributed by atoms with Crippen molar-refractivity contribution in [3.8, 4) is 0 Å². The van der Waals surface area contributed by atoms with E-state index in [-0.39, 0.29) is 0 Å². The Morgan fingerprint density at radius 1 is 1.06 bits per heavy atom. The first-order valence-corrected chi connectivity index (χ1v) is 7.32. The van der Waals surface area contributed by atoms with Crippen molar-refractivity contribution in [1.82, 2.24) is 4.90 Å². The van der Waals surface area contributed by atoms with Gasteiger partial charge in [-0.2, -0.15) is 0 Å². The molecule has 16 heavy (non-hydrogen) atoms. The molecule has 1 rings (SSSR count). The molecule has 0 bridgehead atoms. The Balaban J connectivity index is 2.84. The van der Waals surface area contributed by atoms with Crippen LogP contribution >= 0.6 is 0 Å². The van der Waals surface area contributed by atoms with E-state index in [0.29, 0.717) is 5.54 Å². The van der Waals surface area contributed by atoms with Crippen LogP contribution in [0.25, 0.3) is 0 Å². The second-order valence-electron chi connectivity index (χ2n) is 5.89. The number of rotatable bonds is 5. The molecule has 1 heteroatoms. The van der Waals surface area contributed by atoms with Gasteiger partial charge < -0.3 is 0 Å². The van der Waals surface area contributed by atoms with Crippen molar-refractivity contribution in [3.63, 3.8) is 0 Å². The summed E-state index contributed by atoms with van der Waals surface area (Å²) < 4.78 is 0. The quantitative estimate of drug-likeness (QED) is 0.673. The third kappa shape index (κ3) is 2.61. The van der Waals surface area contributed by atoms with Crippen molar-refractivity contribution >= 4 is 0 Å². The first-order chi connectivity index (χ1) is 7.57. The van der Waals surface area contributed by atoms with Crippen LogP contribution in [0.15, 0.2) is 0 Å². The predicted octanol–water partition coefficient (Wildman–Crippen LogP) is 4.32. The van der Waals surface area contributed by atoms with Crippen molar-refractivity contribution in [3.05, 3.63) is 0 Å². The number of hydrogen-bond donors (Lipinski definition) is 0. The van der Waals surface area contributed by atoms with E-state index in [4.69, 9.17) is 0 Å². The van der Waals surface area contributed by atoms with E-state index in [9.17, 15) is 0 Å². The summed E-state index contributed by atoms with van der Waals surface area (Å²) in [5, 5.41) is 0. The van der Waals surface area contributed by atoms with Gasteiger partial charge in [-0.15, -0.1) is 0 Å². The number of hydrogen-bond acceptors (Lipinski definition) is 1. The maximum absolute atomic E-state index is 2.70. The first-order valence-electron chi connectivity index (χ1n) is 7.32. The lowest BCUT2D eigenvalue weighted by Gasteiger charge is -2.50. The van der Waals surface area contributed by atoms with Gasteiger partial charge in [-0.05, 0) is 44.7 Å². The van der Waals surface area contributed by atoms with E-state index in [1.54, 1.807) is 0 Å². The normalized spacial score (nSPS) is 22.7. The summed E-state index contributed by atoms with van der Waals surface area (Å²) in [5.41, 5.74) is 0.421. The molecule has 1 atom stereocenters. The molecule has 0 spiro atoms. The molecule has 0 aromatic carbocycles. The highest BCUT2D eigenvalue weighted by atomic mass is 15.2. The van der Waals surface area contributed by atoms with E-state index < -0.39 is 0 Å². The molecule has 0 amide bonds. The van der Waals surface area contributed by atoms with E-state index in [2.05, 4.69) is 39.5 Å². The minimum Gasteiger partial charge on any atom is -0.298 e. The Labute approximate surface area is 103 Å². The first kappa shape index (κ1) is 14.0. The minimum atomic E-state index is 0.421. The van der Waals surface area contributed by atoms with Crippen LogP contribution in [-0.2, 0) is 0 Å². The third-order valence-corrected chi connectivity index (χ3v) is 5.05. The summed E-state index contributed by atoms with van der Waals surface area (Å²) in [6.07, 6.45) is 7.27. The van der Waals surface area contributed by atoms with Gasteiger partial charge in [0.05, 0.1) is 0 Å². The summed E-state index contributed by atoms with van der Waals surface area (Å²) in [6, 6.07) is 0. The molecule has 1 aliphatic carbocycles. The van der Waals surface area contributed by atoms with Crippen molar-refractivity contribution in [2.24, 2.45) is 11.8 Å². The highest BCUT2D eigenvalue weighted by Crippen LogP contribution is 2.40. The van der Waals surface area contributed by atoms with E-state index >= 15 is 0 Å². The van der Waals surface area contributed by atoms with E-state index in [0.717, 1.165) is 11.8 Å². The van der Waals surface area contributed by atoms with Gasteiger partial charge in [0.25, 0.3) is 0 Å². The zero-order chi connectivity index (χ0) is 12.2. The number of nitrogens with zero attached hydrogens (tertiary/aromatic N) is 1. The average molecular weight is 225 g/mol. The molecule has 96 valence electrons. The van der Waals surface area contributed by atoms with E-state index in [1.807, 2.05) is 0 Å². The fourth-order valence-corrected chi connectivity index (χ4v) is 3.69. The van der Waals surface area contributed by atoms with Crippen LogP contribution in [0.4, 0.5) is 0 Å². The van der Waals surface area contributed by atoms with Gasteiger partial charge >= 0.3 is 0 Å². The zero-order valence-electron chi connectivity index (χ0n) is 12.1. The Morgan fingerprint density at radius 2 is 1.56 bits per heavy atom. The smallest absolute Gasteiger partial charge is 0.0232 e. The fourth-order valence-electron chi connectivity index (χ4n) is 3.69. The maximum Gasteiger partial charge on any atom is 0.0232 e. The molecular formula is C15H31N. The minimum absolute atomic E-state index is 0.421. The third-order valence-electron chi connectivity index (χ3n) is 5.05. The van der Waals surface area contributed by atoms with Crippen molar-refractivity contribution < 1.29 is 0 Å². The van der Waals surface area contributed by atoms with Crippen molar-refractivity contribution in [2.75, 3.05) is 13.1 Å². The summed E-state index contributed by atoms with van der Waals surface area (Å²) in [7, 11) is 0. The van der Waals surface area contributed by atoms with Crippen LogP contribution in [-0.4, -0.2) is 23.5 Å². The Hall–Kier alpha value is -0.0400. The topological polar surface area (TPSA) is 3.24 Å². The Morgan fingerprint density at radius 3 is 1.94 bits per heavy atom. The Kier molecular flexibility index (Phi) is 5.30. The summed E-state index contributed by atoms with van der Waals surface area (Å²) >= 11 is 0. The second-order valence-corrected chi connectivity index (χ2v) is 5.89. The fraction of sp³-hybridized carbons (Fsp3) is 1.00. The molecule has 0 N–H and O–H groups in total. The molecule has 0 saturated heterocycles. The molecule has 0 radical (unpaired) electrons. The van der Waals surface area contributed by atoms with Crippen molar-refractivity contribution in [2.45, 2.75) is 72.3 Å². The van der Waals surface area contributed by atoms with Crippen molar-refractivity contribution in [1.29, 1.82) is 0 Å². The predicted molar refractivity (Wildman–Crippen MR) is 72.7 cm³/mol. The summed E-state index contributed by atoms with van der Waals surface area (Å²) in [4.78, 5) is 2.70. The highest BCUT2D eigenvalue weighted by Gasteiger charge is 2.41. The standard InChI is InChI=1S/C15H31N/c1-6-16(7-2)15(5,13(3)4)14-11-9-8-10-12-14/h13-14H,6-12H2,1-5H3/t15-/m1/s1. The molecule has 0 heterocycles. The molecule has 1 aliphatic rings. The summed E-state index contributed by atoms with van der Waals surface area (Å²) in [6.45, 7) is 14.4. The summed E-state index contributed by atoms with van der Waals surface area (Å²) in [5.74, 6) is 1.68. The largest absolute Gasteiger partial charge is 0.298 e. The molecular weight excluding hydrogens is 194 g/mol. The van der Waals surface area contributed by atoms with Gasteiger partial charge in [-0.1, -0.05) is 47.0 Å². The molecule has 1 saturated carbocycles. The van der Waals surface area contributed by atoms with Crippen LogP contribution in [0.5, 0.6) is 0 Å². The van der Waals surface area contributed by atoms with Gasteiger partial charge in [-0.25, -0.2) is 0 Å². The van der Waals surface area contributed by atoms with E-state index in [1.165, 1.54) is 45.2 Å². The molecule has 1 fully saturated rings. The Bertz CT molecular complexity index is 190. The molecule has 0 unspecified atom stereocenters. The average Bonchev–Trinajstić information content (AvgIpc) is 2.31. The lowest BCUT2D eigenvalue weighted by Crippen LogP contribution is -2.55.